The molecule has 0 radical (unpaired) electrons. The van der Waals surface area contributed by atoms with Crippen LogP contribution in [0.4, 0.5) is 5.69 Å². The van der Waals surface area contributed by atoms with Crippen LogP contribution in [0.1, 0.15) is 16.1 Å². The van der Waals surface area contributed by atoms with Gasteiger partial charge in [0, 0.05) is 17.6 Å². The largest absolute Gasteiger partial charge is 0.450 e. The van der Waals surface area contributed by atoms with Crippen LogP contribution in [0.3, 0.4) is 0 Å². The fourth-order valence-electron chi connectivity index (χ4n) is 2.82. The summed E-state index contributed by atoms with van der Waals surface area (Å²) in [5, 5.41) is 0.931. The number of benzene rings is 2. The predicted molar refractivity (Wildman–Crippen MR) is 85.7 cm³/mol. The van der Waals surface area contributed by atoms with Crippen molar-refractivity contribution >= 4 is 38.5 Å². The Labute approximate surface area is 130 Å². The molecule has 4 rings (SSSR count). The molecule has 1 amide bonds. The van der Waals surface area contributed by atoms with Crippen LogP contribution >= 0.6 is 15.9 Å². The first kappa shape index (κ1) is 12.7. The molecule has 21 heavy (non-hydrogen) atoms. The summed E-state index contributed by atoms with van der Waals surface area (Å²) in [5.41, 5.74) is 2.92. The second kappa shape index (κ2) is 4.74. The first-order chi connectivity index (χ1) is 10.2. The number of carbonyl (C=O) groups excluding carboxylic acids is 1. The minimum absolute atomic E-state index is 0.0805. The zero-order valence-electron chi connectivity index (χ0n) is 11.2. The minimum Gasteiger partial charge on any atom is -0.450 e. The number of fused-ring (bicyclic) bond motifs is 2. The maximum absolute atomic E-state index is 12.7. The molecule has 0 unspecified atom stereocenters. The Balaban J connectivity index is 1.76. The van der Waals surface area contributed by atoms with E-state index in [9.17, 15) is 4.79 Å². The van der Waals surface area contributed by atoms with Crippen molar-refractivity contribution in [2.24, 2.45) is 0 Å². The SMILES string of the molecule is O=C(c1cc2cccc(Br)c2o1)N1CCc2ccccc21. The van der Waals surface area contributed by atoms with E-state index in [0.29, 0.717) is 17.9 Å². The van der Waals surface area contributed by atoms with E-state index in [4.69, 9.17) is 4.42 Å². The first-order valence-electron chi connectivity index (χ1n) is 6.82. The van der Waals surface area contributed by atoms with Gasteiger partial charge in [-0.3, -0.25) is 4.79 Å². The Morgan fingerprint density at radius 2 is 2.00 bits per heavy atom. The Morgan fingerprint density at radius 1 is 1.14 bits per heavy atom. The van der Waals surface area contributed by atoms with Crippen molar-refractivity contribution in [1.82, 2.24) is 0 Å². The molecule has 4 heteroatoms. The van der Waals surface area contributed by atoms with Crippen molar-refractivity contribution < 1.29 is 9.21 Å². The highest BCUT2D eigenvalue weighted by molar-refractivity contribution is 9.10. The zero-order chi connectivity index (χ0) is 14.4. The van der Waals surface area contributed by atoms with Crippen LogP contribution in [0, 0.1) is 0 Å². The van der Waals surface area contributed by atoms with Gasteiger partial charge in [-0.25, -0.2) is 0 Å². The molecule has 0 saturated carbocycles. The highest BCUT2D eigenvalue weighted by atomic mass is 79.9. The van der Waals surface area contributed by atoms with E-state index in [0.717, 1.165) is 22.0 Å². The second-order valence-corrected chi connectivity index (χ2v) is 5.96. The van der Waals surface area contributed by atoms with Gasteiger partial charge in [-0.05, 0) is 46.1 Å². The molecule has 0 fully saturated rings. The Kier molecular flexibility index (Phi) is 2.86. The summed E-state index contributed by atoms with van der Waals surface area (Å²) in [6.45, 7) is 0.705. The van der Waals surface area contributed by atoms with E-state index in [-0.39, 0.29) is 5.91 Å². The summed E-state index contributed by atoms with van der Waals surface area (Å²) in [6.07, 6.45) is 0.895. The van der Waals surface area contributed by atoms with Crippen LogP contribution < -0.4 is 4.90 Å². The third-order valence-electron chi connectivity index (χ3n) is 3.84. The van der Waals surface area contributed by atoms with Crippen molar-refractivity contribution in [1.29, 1.82) is 0 Å². The van der Waals surface area contributed by atoms with Crippen LogP contribution in [0.5, 0.6) is 0 Å². The molecular weight excluding hydrogens is 330 g/mol. The topological polar surface area (TPSA) is 33.5 Å². The van der Waals surface area contributed by atoms with Gasteiger partial charge in [0.15, 0.2) is 5.76 Å². The number of anilines is 1. The summed E-state index contributed by atoms with van der Waals surface area (Å²) in [7, 11) is 0. The lowest BCUT2D eigenvalue weighted by Gasteiger charge is -2.15. The molecule has 1 aromatic heterocycles. The lowest BCUT2D eigenvalue weighted by Crippen LogP contribution is -2.28. The highest BCUT2D eigenvalue weighted by Crippen LogP contribution is 2.31. The van der Waals surface area contributed by atoms with Gasteiger partial charge in [0.1, 0.15) is 5.58 Å². The zero-order valence-corrected chi connectivity index (χ0v) is 12.8. The van der Waals surface area contributed by atoms with Gasteiger partial charge in [0.2, 0.25) is 0 Å². The van der Waals surface area contributed by atoms with E-state index in [1.165, 1.54) is 5.56 Å². The molecule has 1 aliphatic rings. The number of furan rings is 1. The lowest BCUT2D eigenvalue weighted by atomic mass is 10.2. The summed E-state index contributed by atoms with van der Waals surface area (Å²) in [5.74, 6) is 0.302. The normalized spacial score (nSPS) is 13.7. The van der Waals surface area contributed by atoms with Crippen LogP contribution in [-0.2, 0) is 6.42 Å². The van der Waals surface area contributed by atoms with E-state index < -0.39 is 0 Å². The Bertz CT molecular complexity index is 853. The van der Waals surface area contributed by atoms with Gasteiger partial charge in [-0.15, -0.1) is 0 Å². The molecule has 3 aromatic rings. The summed E-state index contributed by atoms with van der Waals surface area (Å²) >= 11 is 3.45. The van der Waals surface area contributed by atoms with Gasteiger partial charge >= 0.3 is 0 Å². The number of rotatable bonds is 1. The molecule has 0 bridgehead atoms. The molecule has 0 saturated heterocycles. The maximum Gasteiger partial charge on any atom is 0.294 e. The number of hydrogen-bond donors (Lipinski definition) is 0. The lowest BCUT2D eigenvalue weighted by molar-refractivity contribution is 0.0965. The van der Waals surface area contributed by atoms with E-state index in [1.54, 1.807) is 4.90 Å². The monoisotopic (exact) mass is 341 g/mol. The summed E-state index contributed by atoms with van der Waals surface area (Å²) in [4.78, 5) is 14.5. The van der Waals surface area contributed by atoms with Crippen LogP contribution in [0.2, 0.25) is 0 Å². The highest BCUT2D eigenvalue weighted by Gasteiger charge is 2.27. The van der Waals surface area contributed by atoms with Gasteiger partial charge < -0.3 is 9.32 Å². The molecule has 0 aliphatic carbocycles. The smallest absolute Gasteiger partial charge is 0.294 e. The van der Waals surface area contributed by atoms with Crippen LogP contribution in [-0.4, -0.2) is 12.5 Å². The predicted octanol–water partition coefficient (Wildman–Crippen LogP) is 4.40. The molecule has 2 heterocycles. The Hall–Kier alpha value is -2.07. The number of amides is 1. The first-order valence-corrected chi connectivity index (χ1v) is 7.61. The molecule has 1 aliphatic heterocycles. The Morgan fingerprint density at radius 3 is 2.86 bits per heavy atom. The fraction of sp³-hybridized carbons (Fsp3) is 0.118. The number of nitrogens with zero attached hydrogens (tertiary/aromatic N) is 1. The molecule has 2 aromatic carbocycles. The summed E-state index contributed by atoms with van der Waals surface area (Å²) in [6, 6.07) is 15.6. The molecule has 104 valence electrons. The number of hydrogen-bond acceptors (Lipinski definition) is 2. The van der Waals surface area contributed by atoms with E-state index in [2.05, 4.69) is 22.0 Å². The molecule has 0 spiro atoms. The number of carbonyl (C=O) groups is 1. The molecule has 0 N–H and O–H groups in total. The standard InChI is InChI=1S/C17H12BrNO2/c18-13-6-3-5-12-10-15(21-16(12)13)17(20)19-9-8-11-4-1-2-7-14(11)19/h1-7,10H,8-9H2. The van der Waals surface area contributed by atoms with Crippen molar-refractivity contribution in [3.05, 3.63) is 64.3 Å². The number of halogens is 1. The van der Waals surface area contributed by atoms with E-state index in [1.807, 2.05) is 42.5 Å². The summed E-state index contributed by atoms with van der Waals surface area (Å²) < 4.78 is 6.61. The van der Waals surface area contributed by atoms with E-state index >= 15 is 0 Å². The van der Waals surface area contributed by atoms with Crippen molar-refractivity contribution in [2.75, 3.05) is 11.4 Å². The third-order valence-corrected chi connectivity index (χ3v) is 4.46. The maximum atomic E-state index is 12.7. The average molecular weight is 342 g/mol. The average Bonchev–Trinajstić information content (AvgIpc) is 3.11. The van der Waals surface area contributed by atoms with Crippen molar-refractivity contribution in [3.63, 3.8) is 0 Å². The van der Waals surface area contributed by atoms with Gasteiger partial charge in [-0.2, -0.15) is 0 Å². The quantitative estimate of drug-likeness (QED) is 0.657. The van der Waals surface area contributed by atoms with Crippen molar-refractivity contribution in [3.8, 4) is 0 Å². The van der Waals surface area contributed by atoms with Gasteiger partial charge in [0.25, 0.3) is 5.91 Å². The van der Waals surface area contributed by atoms with Gasteiger partial charge in [-0.1, -0.05) is 30.3 Å². The number of para-hydroxylation sites is 2. The fourth-order valence-corrected chi connectivity index (χ4v) is 3.28. The van der Waals surface area contributed by atoms with Crippen LogP contribution in [0.25, 0.3) is 11.0 Å². The third kappa shape index (κ3) is 1.98. The van der Waals surface area contributed by atoms with Gasteiger partial charge in [0.05, 0.1) is 4.47 Å². The molecule has 0 atom stereocenters. The second-order valence-electron chi connectivity index (χ2n) is 5.10. The molecule has 3 nitrogen and oxygen atoms in total. The molecular formula is C17H12BrNO2. The minimum atomic E-state index is -0.0805. The van der Waals surface area contributed by atoms with Crippen LogP contribution in [0.15, 0.2) is 57.4 Å². The van der Waals surface area contributed by atoms with Crippen molar-refractivity contribution in [2.45, 2.75) is 6.42 Å².